The Balaban J connectivity index is 1.47. The van der Waals surface area contributed by atoms with Crippen LogP contribution in [0.1, 0.15) is 29.9 Å². The van der Waals surface area contributed by atoms with Gasteiger partial charge >= 0.3 is 0 Å². The topological polar surface area (TPSA) is 54.3 Å². The van der Waals surface area contributed by atoms with Crippen LogP contribution in [0.3, 0.4) is 0 Å². The second kappa shape index (κ2) is 6.04. The minimum absolute atomic E-state index is 0.0536. The van der Waals surface area contributed by atoms with Gasteiger partial charge in [-0.1, -0.05) is 24.3 Å². The van der Waals surface area contributed by atoms with Crippen molar-refractivity contribution < 1.29 is 9.21 Å². The summed E-state index contributed by atoms with van der Waals surface area (Å²) in [5.74, 6) is 0.704. The van der Waals surface area contributed by atoms with E-state index in [-0.39, 0.29) is 18.5 Å². The van der Waals surface area contributed by atoms with Crippen molar-refractivity contribution in [3.63, 3.8) is 0 Å². The fraction of sp³-hybridized carbons (Fsp3) is 0.250. The highest BCUT2D eigenvalue weighted by molar-refractivity contribution is 6.00. The Kier molecular flexibility index (Phi) is 3.73. The number of aryl methyl sites for hydroxylation is 2. The van der Waals surface area contributed by atoms with Gasteiger partial charge in [-0.3, -0.25) is 4.79 Å². The number of furan rings is 1. The fourth-order valence-corrected chi connectivity index (χ4v) is 3.48. The maximum Gasteiger partial charge on any atom is 0.239 e. The quantitative estimate of drug-likeness (QED) is 0.751. The molecule has 0 aliphatic heterocycles. The van der Waals surface area contributed by atoms with Crippen LogP contribution in [-0.2, 0) is 17.6 Å². The molecule has 0 bridgehead atoms. The van der Waals surface area contributed by atoms with E-state index in [1.54, 1.807) is 6.26 Å². The van der Waals surface area contributed by atoms with Crippen molar-refractivity contribution >= 4 is 22.4 Å². The standard InChI is InChI=1S/C20H20N2O2/c1-13(18-6-3-11-24-18)22-19(23)12-21-17-10-9-15-8-7-14-4-2-5-16(17)20(14)15/h2-6,9-11,13,21H,7-8,12H2,1H3,(H,22,23). The van der Waals surface area contributed by atoms with Gasteiger partial charge in [0.05, 0.1) is 18.8 Å². The van der Waals surface area contributed by atoms with Crippen molar-refractivity contribution in [1.29, 1.82) is 0 Å². The number of carbonyl (C=O) groups excluding carboxylic acids is 1. The lowest BCUT2D eigenvalue weighted by molar-refractivity contribution is -0.120. The second-order valence-electron chi connectivity index (χ2n) is 6.27. The number of anilines is 1. The summed E-state index contributed by atoms with van der Waals surface area (Å²) in [5, 5.41) is 8.77. The summed E-state index contributed by atoms with van der Waals surface area (Å²) in [7, 11) is 0. The fourth-order valence-electron chi connectivity index (χ4n) is 3.48. The van der Waals surface area contributed by atoms with Crippen LogP contribution in [0.15, 0.2) is 53.1 Å². The van der Waals surface area contributed by atoms with Crippen LogP contribution in [0.25, 0.3) is 10.8 Å². The molecule has 2 aromatic carbocycles. The molecule has 3 aromatic rings. The highest BCUT2D eigenvalue weighted by Gasteiger charge is 2.16. The van der Waals surface area contributed by atoms with Crippen LogP contribution < -0.4 is 10.6 Å². The summed E-state index contributed by atoms with van der Waals surface area (Å²) in [6, 6.07) is 14.2. The molecule has 1 atom stereocenters. The maximum absolute atomic E-state index is 12.2. The van der Waals surface area contributed by atoms with Gasteiger partial charge < -0.3 is 15.1 Å². The zero-order chi connectivity index (χ0) is 16.5. The largest absolute Gasteiger partial charge is 0.467 e. The molecular weight excluding hydrogens is 300 g/mol. The van der Waals surface area contributed by atoms with E-state index in [4.69, 9.17) is 4.42 Å². The van der Waals surface area contributed by atoms with E-state index in [1.807, 2.05) is 19.1 Å². The number of nitrogens with one attached hydrogen (secondary N) is 2. The SMILES string of the molecule is CC(NC(=O)CNc1ccc2c3c(cccc13)CC2)c1ccco1. The van der Waals surface area contributed by atoms with Crippen LogP contribution in [-0.4, -0.2) is 12.5 Å². The van der Waals surface area contributed by atoms with Gasteiger partial charge in [-0.25, -0.2) is 0 Å². The molecule has 1 aliphatic rings. The zero-order valence-corrected chi connectivity index (χ0v) is 13.6. The number of amides is 1. The monoisotopic (exact) mass is 320 g/mol. The molecule has 4 nitrogen and oxygen atoms in total. The normalized spacial score (nSPS) is 13.9. The number of hydrogen-bond acceptors (Lipinski definition) is 3. The minimum atomic E-state index is -0.137. The van der Waals surface area contributed by atoms with Gasteiger partial charge in [-0.05, 0) is 54.5 Å². The first-order valence-electron chi connectivity index (χ1n) is 8.32. The van der Waals surface area contributed by atoms with Crippen LogP contribution in [0.4, 0.5) is 5.69 Å². The lowest BCUT2D eigenvalue weighted by Crippen LogP contribution is -2.31. The summed E-state index contributed by atoms with van der Waals surface area (Å²) in [6.07, 6.45) is 3.83. The van der Waals surface area contributed by atoms with Gasteiger partial charge in [-0.15, -0.1) is 0 Å². The van der Waals surface area contributed by atoms with Crippen molar-refractivity contribution in [3.05, 3.63) is 65.6 Å². The first kappa shape index (κ1) is 14.8. The van der Waals surface area contributed by atoms with Crippen molar-refractivity contribution in [2.45, 2.75) is 25.8 Å². The lowest BCUT2D eigenvalue weighted by atomic mass is 10.0. The molecule has 1 heterocycles. The van der Waals surface area contributed by atoms with Gasteiger partial charge in [0.25, 0.3) is 0 Å². The molecule has 122 valence electrons. The van der Waals surface area contributed by atoms with Crippen molar-refractivity contribution in [2.24, 2.45) is 0 Å². The summed E-state index contributed by atoms with van der Waals surface area (Å²) in [4.78, 5) is 12.2. The van der Waals surface area contributed by atoms with Crippen LogP contribution >= 0.6 is 0 Å². The Morgan fingerprint density at radius 1 is 1.12 bits per heavy atom. The van der Waals surface area contributed by atoms with Gasteiger partial charge in [0.2, 0.25) is 5.91 Å². The van der Waals surface area contributed by atoms with E-state index in [2.05, 4.69) is 41.0 Å². The van der Waals surface area contributed by atoms with Gasteiger partial charge in [-0.2, -0.15) is 0 Å². The molecule has 1 aromatic heterocycles. The molecular formula is C20H20N2O2. The number of rotatable bonds is 5. The summed E-state index contributed by atoms with van der Waals surface area (Å²) < 4.78 is 5.31. The number of carbonyl (C=O) groups is 1. The van der Waals surface area contributed by atoms with Crippen molar-refractivity contribution in [1.82, 2.24) is 5.32 Å². The molecule has 4 heteroatoms. The van der Waals surface area contributed by atoms with E-state index in [9.17, 15) is 4.79 Å². The van der Waals surface area contributed by atoms with Crippen molar-refractivity contribution in [3.8, 4) is 0 Å². The van der Waals surface area contributed by atoms with E-state index < -0.39 is 0 Å². The smallest absolute Gasteiger partial charge is 0.239 e. The van der Waals surface area contributed by atoms with E-state index >= 15 is 0 Å². The first-order chi connectivity index (χ1) is 11.7. The number of hydrogen-bond donors (Lipinski definition) is 2. The Bertz CT molecular complexity index is 874. The summed E-state index contributed by atoms with van der Waals surface area (Å²) in [6.45, 7) is 2.15. The Hall–Kier alpha value is -2.75. The predicted octanol–water partition coefficient (Wildman–Crippen LogP) is 3.82. The Morgan fingerprint density at radius 2 is 1.96 bits per heavy atom. The zero-order valence-electron chi connectivity index (χ0n) is 13.6. The summed E-state index contributed by atoms with van der Waals surface area (Å²) >= 11 is 0. The van der Waals surface area contributed by atoms with Gasteiger partial charge in [0, 0.05) is 11.1 Å². The lowest BCUT2D eigenvalue weighted by Gasteiger charge is -2.14. The third kappa shape index (κ3) is 2.64. The highest BCUT2D eigenvalue weighted by atomic mass is 16.3. The van der Waals surface area contributed by atoms with Crippen LogP contribution in [0, 0.1) is 0 Å². The van der Waals surface area contributed by atoms with Crippen LogP contribution in [0.5, 0.6) is 0 Å². The Morgan fingerprint density at radius 3 is 2.75 bits per heavy atom. The van der Waals surface area contributed by atoms with Crippen molar-refractivity contribution in [2.75, 3.05) is 11.9 Å². The van der Waals surface area contributed by atoms with E-state index in [0.29, 0.717) is 0 Å². The molecule has 2 N–H and O–H groups in total. The van der Waals surface area contributed by atoms with Gasteiger partial charge in [0.1, 0.15) is 5.76 Å². The molecule has 1 aliphatic carbocycles. The molecule has 0 saturated heterocycles. The second-order valence-corrected chi connectivity index (χ2v) is 6.27. The van der Waals surface area contributed by atoms with Gasteiger partial charge in [0.15, 0.2) is 0 Å². The maximum atomic E-state index is 12.2. The predicted molar refractivity (Wildman–Crippen MR) is 95.1 cm³/mol. The molecule has 24 heavy (non-hydrogen) atoms. The van der Waals surface area contributed by atoms with E-state index in [1.165, 1.54) is 21.9 Å². The first-order valence-corrected chi connectivity index (χ1v) is 8.32. The Labute approximate surface area is 140 Å². The third-order valence-electron chi connectivity index (χ3n) is 4.66. The number of benzene rings is 2. The van der Waals surface area contributed by atoms with Crippen LogP contribution in [0.2, 0.25) is 0 Å². The molecule has 0 spiro atoms. The third-order valence-corrected chi connectivity index (χ3v) is 4.66. The molecule has 4 rings (SSSR count). The highest BCUT2D eigenvalue weighted by Crippen LogP contribution is 2.34. The van der Waals surface area contributed by atoms with E-state index in [0.717, 1.165) is 24.3 Å². The minimum Gasteiger partial charge on any atom is -0.467 e. The summed E-state index contributed by atoms with van der Waals surface area (Å²) in [5.41, 5.74) is 3.82. The average Bonchev–Trinajstić information content (AvgIpc) is 3.25. The molecule has 0 fully saturated rings. The molecule has 1 unspecified atom stereocenters. The molecule has 1 amide bonds. The molecule has 0 saturated carbocycles. The molecule has 0 radical (unpaired) electrons. The average molecular weight is 320 g/mol.